The highest BCUT2D eigenvalue weighted by molar-refractivity contribution is 5.87. The molecule has 1 saturated heterocycles. The van der Waals surface area contributed by atoms with Gasteiger partial charge >= 0.3 is 0 Å². The average Bonchev–Trinajstić information content (AvgIpc) is 2.49. The van der Waals surface area contributed by atoms with Crippen molar-refractivity contribution in [3.8, 4) is 0 Å². The molecule has 1 aliphatic carbocycles. The quantitative estimate of drug-likeness (QED) is 0.719. The first-order valence-electron chi connectivity index (χ1n) is 8.45. The number of piperidine rings is 1. The first-order chi connectivity index (χ1) is 10.1. The second-order valence-corrected chi connectivity index (χ2v) is 6.55. The Bertz CT molecular complexity index is 353. The summed E-state index contributed by atoms with van der Waals surface area (Å²) in [5.74, 6) is 0.462. The molecule has 1 unspecified atom stereocenters. The van der Waals surface area contributed by atoms with Gasteiger partial charge in [0.1, 0.15) is 6.04 Å². The molecule has 0 spiro atoms. The fourth-order valence-corrected chi connectivity index (χ4v) is 3.32. The predicted molar refractivity (Wildman–Crippen MR) is 90.1 cm³/mol. The lowest BCUT2D eigenvalue weighted by Gasteiger charge is -2.26. The van der Waals surface area contributed by atoms with Gasteiger partial charge in [0.05, 0.1) is 0 Å². The molecule has 0 aromatic carbocycles. The number of hydrogen-bond donors (Lipinski definition) is 3. The van der Waals surface area contributed by atoms with Crippen LogP contribution < -0.4 is 16.0 Å². The highest BCUT2D eigenvalue weighted by atomic mass is 35.5. The molecule has 2 aliphatic rings. The van der Waals surface area contributed by atoms with Crippen molar-refractivity contribution in [3.05, 3.63) is 0 Å². The zero-order valence-electron chi connectivity index (χ0n) is 13.5. The number of rotatable bonds is 5. The third-order valence-corrected chi connectivity index (χ3v) is 4.61. The van der Waals surface area contributed by atoms with E-state index in [1.165, 1.54) is 19.3 Å². The number of nitrogens with one attached hydrogen (secondary N) is 3. The topological polar surface area (TPSA) is 70.2 Å². The maximum absolute atomic E-state index is 12.1. The van der Waals surface area contributed by atoms with Gasteiger partial charge in [0, 0.05) is 19.0 Å². The Morgan fingerprint density at radius 2 is 1.86 bits per heavy atom. The van der Waals surface area contributed by atoms with Gasteiger partial charge in [-0.3, -0.25) is 9.59 Å². The number of amides is 2. The summed E-state index contributed by atoms with van der Waals surface area (Å²) in [6, 6.07) is -0.244. The molecule has 0 aromatic heterocycles. The van der Waals surface area contributed by atoms with Gasteiger partial charge in [-0.15, -0.1) is 12.4 Å². The van der Waals surface area contributed by atoms with Gasteiger partial charge in [0.25, 0.3) is 0 Å². The summed E-state index contributed by atoms with van der Waals surface area (Å²) in [6.07, 6.45) is 8.76. The van der Waals surface area contributed by atoms with Crippen LogP contribution in [-0.2, 0) is 9.59 Å². The summed E-state index contributed by atoms with van der Waals surface area (Å²) in [6.45, 7) is 3.62. The molecule has 5 nitrogen and oxygen atoms in total. The van der Waals surface area contributed by atoms with E-state index in [2.05, 4.69) is 16.0 Å². The van der Waals surface area contributed by atoms with Crippen LogP contribution in [0.2, 0.25) is 0 Å². The largest absolute Gasteiger partial charge is 0.350 e. The molecular weight excluding hydrogens is 302 g/mol. The van der Waals surface area contributed by atoms with Gasteiger partial charge in [0.2, 0.25) is 11.8 Å². The Kier molecular flexibility index (Phi) is 8.79. The number of hydrogen-bond acceptors (Lipinski definition) is 3. The van der Waals surface area contributed by atoms with E-state index in [0.717, 1.165) is 38.8 Å². The van der Waals surface area contributed by atoms with E-state index in [4.69, 9.17) is 0 Å². The molecule has 0 bridgehead atoms. The third kappa shape index (κ3) is 6.53. The first kappa shape index (κ1) is 19.2. The van der Waals surface area contributed by atoms with Crippen molar-refractivity contribution in [3.63, 3.8) is 0 Å². The van der Waals surface area contributed by atoms with Crippen molar-refractivity contribution in [1.82, 2.24) is 16.0 Å². The Morgan fingerprint density at radius 3 is 2.50 bits per heavy atom. The summed E-state index contributed by atoms with van der Waals surface area (Å²) in [7, 11) is 0. The molecule has 128 valence electrons. The standard InChI is InChI=1S/C16H29N3O2.ClH/c1-12(16(21)19-14-8-5-9-17-11-14)18-15(20)10-13-6-3-2-4-7-13;/h12-14,17H,2-11H2,1H3,(H,18,20)(H,19,21);1H/t12?,14-;/m0./s1. The minimum atomic E-state index is -0.442. The fraction of sp³-hybridized carbons (Fsp3) is 0.875. The van der Waals surface area contributed by atoms with Crippen molar-refractivity contribution < 1.29 is 9.59 Å². The van der Waals surface area contributed by atoms with Crippen LogP contribution in [0.25, 0.3) is 0 Å². The van der Waals surface area contributed by atoms with E-state index in [9.17, 15) is 9.59 Å². The second kappa shape index (κ2) is 10.1. The summed E-state index contributed by atoms with van der Waals surface area (Å²) >= 11 is 0. The average molecular weight is 332 g/mol. The summed E-state index contributed by atoms with van der Waals surface area (Å²) in [5, 5.41) is 9.13. The highest BCUT2D eigenvalue weighted by Gasteiger charge is 2.22. The van der Waals surface area contributed by atoms with Crippen LogP contribution in [0.1, 0.15) is 58.3 Å². The van der Waals surface area contributed by atoms with Crippen LogP contribution in [0.15, 0.2) is 0 Å². The number of carbonyl (C=O) groups is 2. The fourth-order valence-electron chi connectivity index (χ4n) is 3.32. The van der Waals surface area contributed by atoms with Gasteiger partial charge in [-0.05, 0) is 45.1 Å². The molecule has 0 aromatic rings. The Balaban J connectivity index is 0.00000242. The van der Waals surface area contributed by atoms with E-state index in [1.54, 1.807) is 6.92 Å². The number of carbonyl (C=O) groups excluding carboxylic acids is 2. The summed E-state index contributed by atoms with van der Waals surface area (Å²) in [4.78, 5) is 24.1. The van der Waals surface area contributed by atoms with Gasteiger partial charge in [-0.2, -0.15) is 0 Å². The Morgan fingerprint density at radius 1 is 1.14 bits per heavy atom. The van der Waals surface area contributed by atoms with Crippen molar-refractivity contribution >= 4 is 24.2 Å². The molecule has 0 radical (unpaired) electrons. The van der Waals surface area contributed by atoms with E-state index < -0.39 is 6.04 Å². The summed E-state index contributed by atoms with van der Waals surface area (Å²) in [5.41, 5.74) is 0. The van der Waals surface area contributed by atoms with Crippen LogP contribution in [0.4, 0.5) is 0 Å². The maximum atomic E-state index is 12.1. The van der Waals surface area contributed by atoms with Crippen LogP contribution >= 0.6 is 12.4 Å². The molecule has 2 amide bonds. The smallest absolute Gasteiger partial charge is 0.242 e. The summed E-state index contributed by atoms with van der Waals surface area (Å²) < 4.78 is 0. The maximum Gasteiger partial charge on any atom is 0.242 e. The number of halogens is 1. The molecular formula is C16H30ClN3O2. The van der Waals surface area contributed by atoms with Crippen molar-refractivity contribution in [1.29, 1.82) is 0 Å². The predicted octanol–water partition coefficient (Wildman–Crippen LogP) is 1.75. The zero-order chi connectivity index (χ0) is 15.1. The van der Waals surface area contributed by atoms with Crippen LogP contribution in [0.5, 0.6) is 0 Å². The SMILES string of the molecule is CC(NC(=O)CC1CCCCC1)C(=O)N[C@H]1CCCNC1.Cl. The highest BCUT2D eigenvalue weighted by Crippen LogP contribution is 2.26. The third-order valence-electron chi connectivity index (χ3n) is 4.61. The van der Waals surface area contributed by atoms with Crippen molar-refractivity contribution in [2.45, 2.75) is 70.4 Å². The van der Waals surface area contributed by atoms with Gasteiger partial charge < -0.3 is 16.0 Å². The van der Waals surface area contributed by atoms with E-state index in [1.807, 2.05) is 0 Å². The van der Waals surface area contributed by atoms with Crippen LogP contribution in [0.3, 0.4) is 0 Å². The van der Waals surface area contributed by atoms with E-state index in [0.29, 0.717) is 12.3 Å². The van der Waals surface area contributed by atoms with Gasteiger partial charge in [-0.1, -0.05) is 19.3 Å². The second-order valence-electron chi connectivity index (χ2n) is 6.55. The van der Waals surface area contributed by atoms with Gasteiger partial charge in [0.15, 0.2) is 0 Å². The van der Waals surface area contributed by atoms with E-state index in [-0.39, 0.29) is 30.3 Å². The molecule has 1 saturated carbocycles. The van der Waals surface area contributed by atoms with E-state index >= 15 is 0 Å². The van der Waals surface area contributed by atoms with Crippen molar-refractivity contribution in [2.24, 2.45) is 5.92 Å². The minimum Gasteiger partial charge on any atom is -0.350 e. The molecule has 2 fully saturated rings. The van der Waals surface area contributed by atoms with Gasteiger partial charge in [-0.25, -0.2) is 0 Å². The molecule has 1 heterocycles. The zero-order valence-corrected chi connectivity index (χ0v) is 14.3. The lowest BCUT2D eigenvalue weighted by atomic mass is 9.87. The molecule has 22 heavy (non-hydrogen) atoms. The van der Waals surface area contributed by atoms with Crippen LogP contribution in [0, 0.1) is 5.92 Å². The molecule has 1 aliphatic heterocycles. The molecule has 2 atom stereocenters. The molecule has 2 rings (SSSR count). The monoisotopic (exact) mass is 331 g/mol. The first-order valence-corrected chi connectivity index (χ1v) is 8.45. The minimum absolute atomic E-state index is 0. The van der Waals surface area contributed by atoms with Crippen LogP contribution in [-0.4, -0.2) is 37.0 Å². The molecule has 3 N–H and O–H groups in total. The molecule has 6 heteroatoms. The Hall–Kier alpha value is -0.810. The normalized spacial score (nSPS) is 24.0. The lowest BCUT2D eigenvalue weighted by molar-refractivity contribution is -0.129. The lowest BCUT2D eigenvalue weighted by Crippen LogP contribution is -2.52. The van der Waals surface area contributed by atoms with Crippen molar-refractivity contribution in [2.75, 3.05) is 13.1 Å². The Labute approximate surface area is 139 Å².